The third-order valence-electron chi connectivity index (χ3n) is 5.39. The Labute approximate surface area is 148 Å². The van der Waals surface area contributed by atoms with E-state index in [2.05, 4.69) is 4.90 Å². The molecule has 5 nitrogen and oxygen atoms in total. The van der Waals surface area contributed by atoms with Crippen LogP contribution in [-0.4, -0.2) is 59.9 Å². The number of carbonyl (C=O) groups excluding carboxylic acids is 2. The van der Waals surface area contributed by atoms with Gasteiger partial charge in [0.15, 0.2) is 0 Å². The predicted octanol–water partition coefficient (Wildman–Crippen LogP) is 2.26. The van der Waals surface area contributed by atoms with Gasteiger partial charge in [-0.1, -0.05) is 6.92 Å². The van der Waals surface area contributed by atoms with Crippen molar-refractivity contribution in [1.82, 2.24) is 9.80 Å². The molecular weight excluding hydrogens is 321 g/mol. The summed E-state index contributed by atoms with van der Waals surface area (Å²) >= 11 is 0. The Hall–Kier alpha value is -2.11. The molecule has 0 unspecified atom stereocenters. The van der Waals surface area contributed by atoms with Gasteiger partial charge in [-0.3, -0.25) is 9.59 Å². The Balaban J connectivity index is 1.61. The SMILES string of the molecule is CC[C@H](C)N1C(=O)CC[C@@H]1C(=O)N1CCN(c2ccc(F)cc2)CC1. The molecule has 0 radical (unpaired) electrons. The van der Waals surface area contributed by atoms with Crippen LogP contribution in [0.25, 0.3) is 0 Å². The van der Waals surface area contributed by atoms with Crippen LogP contribution in [0.2, 0.25) is 0 Å². The number of likely N-dealkylation sites (tertiary alicyclic amines) is 1. The Bertz CT molecular complexity index is 626. The maximum atomic E-state index is 13.1. The van der Waals surface area contributed by atoms with Crippen LogP contribution in [0, 0.1) is 5.82 Å². The lowest BCUT2D eigenvalue weighted by molar-refractivity contribution is -0.143. The van der Waals surface area contributed by atoms with Crippen molar-refractivity contribution in [3.05, 3.63) is 30.1 Å². The van der Waals surface area contributed by atoms with Crippen LogP contribution < -0.4 is 4.90 Å². The normalized spacial score (nSPS) is 22.4. The van der Waals surface area contributed by atoms with Crippen molar-refractivity contribution in [2.24, 2.45) is 0 Å². The van der Waals surface area contributed by atoms with Crippen molar-refractivity contribution in [3.63, 3.8) is 0 Å². The van der Waals surface area contributed by atoms with E-state index in [9.17, 15) is 14.0 Å². The van der Waals surface area contributed by atoms with Crippen LogP contribution in [0.1, 0.15) is 33.1 Å². The maximum absolute atomic E-state index is 13.1. The molecule has 0 saturated carbocycles. The summed E-state index contributed by atoms with van der Waals surface area (Å²) in [6.07, 6.45) is 1.95. The number of hydrogen-bond donors (Lipinski definition) is 0. The average Bonchev–Trinajstić information content (AvgIpc) is 3.03. The first kappa shape index (κ1) is 17.7. The lowest BCUT2D eigenvalue weighted by Gasteiger charge is -2.39. The number of halogens is 1. The second-order valence-corrected chi connectivity index (χ2v) is 6.90. The molecule has 0 aliphatic carbocycles. The number of piperazine rings is 1. The van der Waals surface area contributed by atoms with Gasteiger partial charge >= 0.3 is 0 Å². The van der Waals surface area contributed by atoms with Crippen LogP contribution in [-0.2, 0) is 9.59 Å². The number of rotatable bonds is 4. The molecule has 2 amide bonds. The first-order valence-electron chi connectivity index (χ1n) is 9.11. The zero-order valence-corrected chi connectivity index (χ0v) is 14.9. The minimum absolute atomic E-state index is 0.0740. The van der Waals surface area contributed by atoms with Crippen LogP contribution in [0.15, 0.2) is 24.3 Å². The van der Waals surface area contributed by atoms with Gasteiger partial charge in [0.2, 0.25) is 11.8 Å². The molecule has 0 bridgehead atoms. The lowest BCUT2D eigenvalue weighted by atomic mass is 10.1. The highest BCUT2D eigenvalue weighted by Crippen LogP contribution is 2.25. The number of hydrogen-bond acceptors (Lipinski definition) is 3. The molecule has 2 atom stereocenters. The van der Waals surface area contributed by atoms with Crippen molar-refractivity contribution < 1.29 is 14.0 Å². The monoisotopic (exact) mass is 347 g/mol. The van der Waals surface area contributed by atoms with Crippen LogP contribution in [0.3, 0.4) is 0 Å². The second-order valence-electron chi connectivity index (χ2n) is 6.90. The Morgan fingerprint density at radius 1 is 1.20 bits per heavy atom. The molecule has 2 aliphatic heterocycles. The first-order valence-corrected chi connectivity index (χ1v) is 9.11. The van der Waals surface area contributed by atoms with Crippen molar-refractivity contribution in [2.45, 2.75) is 45.2 Å². The molecule has 2 fully saturated rings. The first-order chi connectivity index (χ1) is 12.0. The Morgan fingerprint density at radius 2 is 1.84 bits per heavy atom. The van der Waals surface area contributed by atoms with Crippen LogP contribution in [0.4, 0.5) is 10.1 Å². The molecule has 6 heteroatoms. The summed E-state index contributed by atoms with van der Waals surface area (Å²) in [5, 5.41) is 0. The van der Waals surface area contributed by atoms with Gasteiger partial charge in [-0.25, -0.2) is 4.39 Å². The molecule has 2 saturated heterocycles. The highest BCUT2D eigenvalue weighted by molar-refractivity contribution is 5.91. The van der Waals surface area contributed by atoms with Crippen molar-refractivity contribution in [3.8, 4) is 0 Å². The van der Waals surface area contributed by atoms with Crippen molar-refractivity contribution >= 4 is 17.5 Å². The molecule has 1 aromatic rings. The molecule has 0 aromatic heterocycles. The smallest absolute Gasteiger partial charge is 0.245 e. The van der Waals surface area contributed by atoms with Gasteiger partial charge < -0.3 is 14.7 Å². The largest absolute Gasteiger partial charge is 0.368 e. The van der Waals surface area contributed by atoms with Gasteiger partial charge in [0.05, 0.1) is 0 Å². The number of carbonyl (C=O) groups is 2. The number of benzene rings is 1. The third-order valence-corrected chi connectivity index (χ3v) is 5.39. The molecular formula is C19H26FN3O2. The summed E-state index contributed by atoms with van der Waals surface area (Å²) in [4.78, 5) is 30.9. The summed E-state index contributed by atoms with van der Waals surface area (Å²) in [5.41, 5.74) is 0.978. The fourth-order valence-electron chi connectivity index (χ4n) is 3.74. The van der Waals surface area contributed by atoms with E-state index < -0.39 is 0 Å². The fourth-order valence-corrected chi connectivity index (χ4v) is 3.74. The Morgan fingerprint density at radius 3 is 2.44 bits per heavy atom. The maximum Gasteiger partial charge on any atom is 0.245 e. The third kappa shape index (κ3) is 3.62. The minimum Gasteiger partial charge on any atom is -0.368 e. The van der Waals surface area contributed by atoms with Crippen molar-refractivity contribution in [1.29, 1.82) is 0 Å². The lowest BCUT2D eigenvalue weighted by Crippen LogP contribution is -2.55. The second kappa shape index (κ2) is 7.42. The van der Waals surface area contributed by atoms with E-state index >= 15 is 0 Å². The highest BCUT2D eigenvalue weighted by atomic mass is 19.1. The van der Waals surface area contributed by atoms with Gasteiger partial charge in [-0.15, -0.1) is 0 Å². The summed E-state index contributed by atoms with van der Waals surface area (Å²) < 4.78 is 13.1. The topological polar surface area (TPSA) is 43.9 Å². The van der Waals surface area contributed by atoms with E-state index in [-0.39, 0.29) is 29.7 Å². The van der Waals surface area contributed by atoms with Crippen molar-refractivity contribution in [2.75, 3.05) is 31.1 Å². The van der Waals surface area contributed by atoms with E-state index in [0.29, 0.717) is 25.9 Å². The highest BCUT2D eigenvalue weighted by Gasteiger charge is 2.40. The van der Waals surface area contributed by atoms with Crippen LogP contribution in [0.5, 0.6) is 0 Å². The summed E-state index contributed by atoms with van der Waals surface area (Å²) in [5.74, 6) is -0.0730. The zero-order chi connectivity index (χ0) is 18.0. The molecule has 0 spiro atoms. The average molecular weight is 347 g/mol. The van der Waals surface area contributed by atoms with Gasteiger partial charge in [0.1, 0.15) is 11.9 Å². The van der Waals surface area contributed by atoms with E-state index in [4.69, 9.17) is 0 Å². The van der Waals surface area contributed by atoms with Gasteiger partial charge in [0, 0.05) is 44.3 Å². The Kier molecular flexibility index (Phi) is 5.25. The predicted molar refractivity (Wildman–Crippen MR) is 94.8 cm³/mol. The summed E-state index contributed by atoms with van der Waals surface area (Å²) in [7, 11) is 0. The number of anilines is 1. The summed E-state index contributed by atoms with van der Waals surface area (Å²) in [6.45, 7) is 6.77. The van der Waals surface area contributed by atoms with E-state index in [1.54, 1.807) is 17.0 Å². The molecule has 136 valence electrons. The van der Waals surface area contributed by atoms with Gasteiger partial charge in [-0.05, 0) is 44.0 Å². The van der Waals surface area contributed by atoms with E-state index in [1.165, 1.54) is 12.1 Å². The molecule has 2 heterocycles. The molecule has 1 aromatic carbocycles. The summed E-state index contributed by atoms with van der Waals surface area (Å²) in [6, 6.07) is 6.26. The quantitative estimate of drug-likeness (QED) is 0.839. The van der Waals surface area contributed by atoms with E-state index in [0.717, 1.165) is 25.2 Å². The molecule has 0 N–H and O–H groups in total. The standard InChI is InChI=1S/C19H26FN3O2/c1-3-14(2)23-17(8-9-18(23)24)19(25)22-12-10-21(11-13-22)16-6-4-15(20)5-7-16/h4-7,14,17H,3,8-13H2,1-2H3/t14-,17+/m0/s1. The molecule has 25 heavy (non-hydrogen) atoms. The molecule has 2 aliphatic rings. The fraction of sp³-hybridized carbons (Fsp3) is 0.579. The number of amides is 2. The molecule has 3 rings (SSSR count). The van der Waals surface area contributed by atoms with Crippen LogP contribution >= 0.6 is 0 Å². The van der Waals surface area contributed by atoms with Gasteiger partial charge in [0.25, 0.3) is 0 Å². The number of nitrogens with zero attached hydrogens (tertiary/aromatic N) is 3. The zero-order valence-electron chi connectivity index (χ0n) is 14.9. The van der Waals surface area contributed by atoms with Gasteiger partial charge in [-0.2, -0.15) is 0 Å². The van der Waals surface area contributed by atoms with E-state index in [1.807, 2.05) is 18.7 Å². The minimum atomic E-state index is -0.306.